The van der Waals surface area contributed by atoms with E-state index in [0.29, 0.717) is 42.5 Å². The number of aliphatic hydroxyl groups is 1. The van der Waals surface area contributed by atoms with E-state index in [0.717, 1.165) is 17.4 Å². The minimum atomic E-state index is -3.45. The molecule has 0 aliphatic carbocycles. The van der Waals surface area contributed by atoms with Crippen molar-refractivity contribution in [2.45, 2.75) is 11.1 Å². The average Bonchev–Trinajstić information content (AvgIpc) is 2.79. The van der Waals surface area contributed by atoms with Crippen LogP contribution in [-0.4, -0.2) is 50.9 Å². The number of piperazine rings is 1. The number of hydrogen-bond acceptors (Lipinski definition) is 5. The number of nitrogens with zero attached hydrogens (tertiary/aromatic N) is 2. The van der Waals surface area contributed by atoms with Gasteiger partial charge in [-0.3, -0.25) is 4.90 Å². The molecule has 4 rings (SSSR count). The second-order valence-electron chi connectivity index (χ2n) is 7.88. The van der Waals surface area contributed by atoms with Gasteiger partial charge in [-0.2, -0.15) is 0 Å². The molecule has 1 atom stereocenters. The first-order valence-corrected chi connectivity index (χ1v) is 12.5. The van der Waals surface area contributed by atoms with Crippen LogP contribution in [0.1, 0.15) is 11.8 Å². The van der Waals surface area contributed by atoms with Crippen LogP contribution in [-0.2, 0) is 9.84 Å². The molecule has 1 heterocycles. The molecule has 1 fully saturated rings. The number of sulfone groups is 1. The van der Waals surface area contributed by atoms with Crippen molar-refractivity contribution >= 4 is 27.1 Å². The van der Waals surface area contributed by atoms with Gasteiger partial charge in [-0.15, -0.1) is 0 Å². The highest BCUT2D eigenvalue weighted by Gasteiger charge is 2.27. The molecule has 0 radical (unpaired) electrons. The SMILES string of the molecule is CS(=O)(=O)c1ccc(-c2ccc(Cl)cc2)c(C(O)N2CCN(c3ccccc3F)CC2)c1. The lowest BCUT2D eigenvalue weighted by molar-refractivity contribution is -0.00139. The molecule has 1 aliphatic heterocycles. The highest BCUT2D eigenvalue weighted by atomic mass is 35.5. The van der Waals surface area contributed by atoms with Gasteiger partial charge in [0.2, 0.25) is 0 Å². The summed E-state index contributed by atoms with van der Waals surface area (Å²) in [4.78, 5) is 3.97. The predicted molar refractivity (Wildman–Crippen MR) is 125 cm³/mol. The molecule has 0 saturated carbocycles. The first-order valence-electron chi connectivity index (χ1n) is 10.3. The van der Waals surface area contributed by atoms with Gasteiger partial charge in [0.05, 0.1) is 10.6 Å². The van der Waals surface area contributed by atoms with E-state index in [2.05, 4.69) is 0 Å². The smallest absolute Gasteiger partial charge is 0.175 e. The standard InChI is InChI=1S/C24H24ClFN2O3S/c1-32(30,31)19-10-11-20(17-6-8-18(25)9-7-17)21(16-19)24(29)28-14-12-27(13-15-28)23-5-3-2-4-22(23)26/h2-11,16,24,29H,12-15H2,1H3. The van der Waals surface area contributed by atoms with Crippen molar-refractivity contribution in [1.82, 2.24) is 4.90 Å². The maximum atomic E-state index is 14.1. The maximum Gasteiger partial charge on any atom is 0.175 e. The van der Waals surface area contributed by atoms with Crippen molar-refractivity contribution < 1.29 is 17.9 Å². The normalized spacial score (nSPS) is 16.2. The summed E-state index contributed by atoms with van der Waals surface area (Å²) in [5, 5.41) is 11.8. The lowest BCUT2D eigenvalue weighted by Crippen LogP contribution is -2.48. The van der Waals surface area contributed by atoms with Gasteiger partial charge in [0.1, 0.15) is 12.0 Å². The van der Waals surface area contributed by atoms with Gasteiger partial charge in [-0.05, 0) is 47.5 Å². The van der Waals surface area contributed by atoms with E-state index in [1.165, 1.54) is 12.1 Å². The number of halogens is 2. The Kier molecular flexibility index (Phi) is 6.53. The predicted octanol–water partition coefficient (Wildman–Crippen LogP) is 4.36. The van der Waals surface area contributed by atoms with Gasteiger partial charge < -0.3 is 10.0 Å². The van der Waals surface area contributed by atoms with Gasteiger partial charge in [-0.1, -0.05) is 41.9 Å². The number of aliphatic hydroxyl groups excluding tert-OH is 1. The van der Waals surface area contributed by atoms with Crippen molar-refractivity contribution in [3.05, 3.63) is 83.1 Å². The maximum absolute atomic E-state index is 14.1. The van der Waals surface area contributed by atoms with Crippen LogP contribution >= 0.6 is 11.6 Å². The van der Waals surface area contributed by atoms with Gasteiger partial charge in [-0.25, -0.2) is 12.8 Å². The van der Waals surface area contributed by atoms with Crippen LogP contribution in [0.15, 0.2) is 71.6 Å². The monoisotopic (exact) mass is 474 g/mol. The second-order valence-corrected chi connectivity index (χ2v) is 10.3. The summed E-state index contributed by atoms with van der Waals surface area (Å²) in [5.41, 5.74) is 2.61. The molecule has 168 valence electrons. The number of para-hydroxylation sites is 1. The van der Waals surface area contributed by atoms with Gasteiger partial charge in [0.15, 0.2) is 9.84 Å². The van der Waals surface area contributed by atoms with E-state index < -0.39 is 16.1 Å². The summed E-state index contributed by atoms with van der Waals surface area (Å²) in [6, 6.07) is 18.6. The Morgan fingerprint density at radius 1 is 0.969 bits per heavy atom. The summed E-state index contributed by atoms with van der Waals surface area (Å²) in [6.45, 7) is 2.08. The molecule has 8 heteroatoms. The van der Waals surface area contributed by atoms with Crippen molar-refractivity contribution in [3.8, 4) is 11.1 Å². The Hall–Kier alpha value is -2.45. The van der Waals surface area contributed by atoms with Crippen molar-refractivity contribution in [1.29, 1.82) is 0 Å². The zero-order chi connectivity index (χ0) is 22.9. The molecule has 5 nitrogen and oxygen atoms in total. The van der Waals surface area contributed by atoms with Crippen molar-refractivity contribution in [2.75, 3.05) is 37.3 Å². The molecular weight excluding hydrogens is 451 g/mol. The molecule has 0 amide bonds. The lowest BCUT2D eigenvalue weighted by atomic mass is 9.98. The minimum absolute atomic E-state index is 0.147. The van der Waals surface area contributed by atoms with Crippen LogP contribution in [0.2, 0.25) is 5.02 Å². The van der Waals surface area contributed by atoms with Crippen LogP contribution < -0.4 is 4.90 Å². The zero-order valence-corrected chi connectivity index (χ0v) is 19.2. The third-order valence-corrected chi connectivity index (χ3v) is 7.10. The second kappa shape index (κ2) is 9.19. The summed E-state index contributed by atoms with van der Waals surface area (Å²) >= 11 is 6.02. The molecule has 1 aliphatic rings. The topological polar surface area (TPSA) is 60.9 Å². The Morgan fingerprint density at radius 3 is 2.25 bits per heavy atom. The lowest BCUT2D eigenvalue weighted by Gasteiger charge is -2.39. The third-order valence-electron chi connectivity index (χ3n) is 5.74. The van der Waals surface area contributed by atoms with Crippen molar-refractivity contribution in [2.24, 2.45) is 0 Å². The van der Waals surface area contributed by atoms with E-state index in [9.17, 15) is 17.9 Å². The van der Waals surface area contributed by atoms with E-state index in [4.69, 9.17) is 11.6 Å². The van der Waals surface area contributed by atoms with Crippen molar-refractivity contribution in [3.63, 3.8) is 0 Å². The van der Waals surface area contributed by atoms with Crippen LogP contribution in [0, 0.1) is 5.82 Å². The molecule has 3 aromatic carbocycles. The van der Waals surface area contributed by atoms with E-state index in [1.807, 2.05) is 21.9 Å². The highest BCUT2D eigenvalue weighted by Crippen LogP contribution is 2.34. The Balaban J connectivity index is 1.63. The summed E-state index contributed by atoms with van der Waals surface area (Å²) < 4.78 is 38.5. The number of benzene rings is 3. The third kappa shape index (κ3) is 4.81. The molecule has 32 heavy (non-hydrogen) atoms. The summed E-state index contributed by atoms with van der Waals surface area (Å²) in [5.74, 6) is -0.271. The highest BCUT2D eigenvalue weighted by molar-refractivity contribution is 7.90. The molecular formula is C24H24ClFN2O3S. The minimum Gasteiger partial charge on any atom is -0.374 e. The van der Waals surface area contributed by atoms with Crippen LogP contribution in [0.4, 0.5) is 10.1 Å². The number of rotatable bonds is 5. The fourth-order valence-corrected chi connectivity index (χ4v) is 4.77. The van der Waals surface area contributed by atoms with E-state index in [-0.39, 0.29) is 10.7 Å². The Morgan fingerprint density at radius 2 is 1.62 bits per heavy atom. The van der Waals surface area contributed by atoms with Gasteiger partial charge in [0, 0.05) is 43.0 Å². The molecule has 0 bridgehead atoms. The first-order chi connectivity index (χ1) is 15.2. The van der Waals surface area contributed by atoms with E-state index >= 15 is 0 Å². The van der Waals surface area contributed by atoms with E-state index in [1.54, 1.807) is 42.5 Å². The Labute approximate surface area is 192 Å². The first kappa shape index (κ1) is 22.7. The largest absolute Gasteiger partial charge is 0.374 e. The quantitative estimate of drug-likeness (QED) is 0.595. The van der Waals surface area contributed by atoms with Gasteiger partial charge in [0.25, 0.3) is 0 Å². The van der Waals surface area contributed by atoms with Gasteiger partial charge >= 0.3 is 0 Å². The fraction of sp³-hybridized carbons (Fsp3) is 0.250. The average molecular weight is 475 g/mol. The summed E-state index contributed by atoms with van der Waals surface area (Å²) in [6.07, 6.45) is 0.137. The van der Waals surface area contributed by atoms with Crippen LogP contribution in [0.5, 0.6) is 0 Å². The number of hydrogen-bond donors (Lipinski definition) is 1. The molecule has 1 unspecified atom stereocenters. The molecule has 3 aromatic rings. The summed E-state index contributed by atoms with van der Waals surface area (Å²) in [7, 11) is -3.45. The molecule has 1 N–H and O–H groups in total. The molecule has 0 aromatic heterocycles. The fourth-order valence-electron chi connectivity index (χ4n) is 3.99. The zero-order valence-electron chi connectivity index (χ0n) is 17.6. The molecule has 1 saturated heterocycles. The Bertz CT molecular complexity index is 1210. The molecule has 0 spiro atoms. The van der Waals surface area contributed by atoms with Crippen LogP contribution in [0.3, 0.4) is 0 Å². The van der Waals surface area contributed by atoms with Crippen LogP contribution in [0.25, 0.3) is 11.1 Å². The number of anilines is 1.